The first-order valence-corrected chi connectivity index (χ1v) is 6.55. The summed E-state index contributed by atoms with van der Waals surface area (Å²) in [4.78, 5) is 0. The summed E-state index contributed by atoms with van der Waals surface area (Å²) in [5.41, 5.74) is 0.692. The predicted molar refractivity (Wildman–Crippen MR) is 60.8 cm³/mol. The van der Waals surface area contributed by atoms with Gasteiger partial charge in [-0.2, -0.15) is 0 Å². The maximum atomic E-state index is 11.9. The van der Waals surface area contributed by atoms with Gasteiger partial charge in [0.1, 0.15) is 0 Å². The van der Waals surface area contributed by atoms with Crippen LogP contribution in [0.5, 0.6) is 0 Å². The molecular formula is C10H19O4P. The maximum Gasteiger partial charge on any atom is 0.354 e. The lowest BCUT2D eigenvalue weighted by atomic mass is 10.2. The SMILES string of the molecule is C=C(C=CP(=O)(OCC)OCC)CCO. The molecule has 0 saturated heterocycles. The molecule has 0 bridgehead atoms. The minimum Gasteiger partial charge on any atom is -0.396 e. The van der Waals surface area contributed by atoms with E-state index in [-0.39, 0.29) is 6.61 Å². The van der Waals surface area contributed by atoms with Crippen molar-refractivity contribution in [3.8, 4) is 0 Å². The maximum absolute atomic E-state index is 11.9. The smallest absolute Gasteiger partial charge is 0.354 e. The summed E-state index contributed by atoms with van der Waals surface area (Å²) >= 11 is 0. The van der Waals surface area contributed by atoms with Crippen molar-refractivity contribution >= 4 is 7.60 Å². The van der Waals surface area contributed by atoms with E-state index in [1.807, 2.05) is 0 Å². The van der Waals surface area contributed by atoms with Gasteiger partial charge in [0.2, 0.25) is 0 Å². The van der Waals surface area contributed by atoms with Gasteiger partial charge in [-0.25, -0.2) is 0 Å². The molecule has 5 heteroatoms. The second-order valence-corrected chi connectivity index (χ2v) is 4.72. The summed E-state index contributed by atoms with van der Waals surface area (Å²) in [5, 5.41) is 8.65. The number of aliphatic hydroxyl groups is 1. The highest BCUT2D eigenvalue weighted by Gasteiger charge is 2.18. The van der Waals surface area contributed by atoms with Gasteiger partial charge < -0.3 is 14.2 Å². The van der Waals surface area contributed by atoms with Crippen LogP contribution in [0.15, 0.2) is 24.0 Å². The van der Waals surface area contributed by atoms with Crippen molar-refractivity contribution < 1.29 is 18.7 Å². The third kappa shape index (κ3) is 6.63. The van der Waals surface area contributed by atoms with E-state index >= 15 is 0 Å². The van der Waals surface area contributed by atoms with Crippen molar-refractivity contribution in [3.05, 3.63) is 24.0 Å². The Morgan fingerprint density at radius 1 is 1.40 bits per heavy atom. The molecule has 0 aliphatic heterocycles. The van der Waals surface area contributed by atoms with E-state index in [4.69, 9.17) is 14.2 Å². The Morgan fingerprint density at radius 3 is 2.33 bits per heavy atom. The molecule has 0 heterocycles. The Balaban J connectivity index is 4.39. The van der Waals surface area contributed by atoms with Crippen LogP contribution in [0.2, 0.25) is 0 Å². The second-order valence-electron chi connectivity index (χ2n) is 2.82. The Kier molecular flexibility index (Phi) is 7.61. The Morgan fingerprint density at radius 2 is 1.93 bits per heavy atom. The van der Waals surface area contributed by atoms with Crippen molar-refractivity contribution in [1.29, 1.82) is 0 Å². The van der Waals surface area contributed by atoms with Gasteiger partial charge in [-0.15, -0.1) is 0 Å². The molecule has 0 unspecified atom stereocenters. The average Bonchev–Trinajstić information content (AvgIpc) is 2.16. The van der Waals surface area contributed by atoms with E-state index in [0.717, 1.165) is 0 Å². The molecule has 0 aromatic heterocycles. The van der Waals surface area contributed by atoms with Crippen LogP contribution in [0.1, 0.15) is 20.3 Å². The highest BCUT2D eigenvalue weighted by Crippen LogP contribution is 2.49. The predicted octanol–water partition coefficient (Wildman–Crippen LogP) is 2.70. The van der Waals surface area contributed by atoms with Crippen molar-refractivity contribution in [2.45, 2.75) is 20.3 Å². The monoisotopic (exact) mass is 234 g/mol. The standard InChI is InChI=1S/C10H19O4P/c1-4-13-15(12,14-5-2)9-7-10(3)6-8-11/h7,9,11H,3-6,8H2,1-2H3. The van der Waals surface area contributed by atoms with Crippen LogP contribution >= 0.6 is 7.60 Å². The molecule has 0 fully saturated rings. The largest absolute Gasteiger partial charge is 0.396 e. The van der Waals surface area contributed by atoms with E-state index in [9.17, 15) is 4.57 Å². The van der Waals surface area contributed by atoms with Crippen molar-refractivity contribution in [2.24, 2.45) is 0 Å². The number of aliphatic hydroxyl groups excluding tert-OH is 1. The molecule has 15 heavy (non-hydrogen) atoms. The molecule has 0 aromatic rings. The lowest BCUT2D eigenvalue weighted by Gasteiger charge is -2.12. The van der Waals surface area contributed by atoms with E-state index in [1.165, 1.54) is 5.82 Å². The minimum atomic E-state index is -3.12. The summed E-state index contributed by atoms with van der Waals surface area (Å²) < 4.78 is 22.0. The molecule has 0 aliphatic carbocycles. The molecule has 1 N–H and O–H groups in total. The molecular weight excluding hydrogens is 215 g/mol. The van der Waals surface area contributed by atoms with E-state index in [0.29, 0.717) is 25.2 Å². The molecule has 0 aromatic carbocycles. The van der Waals surface area contributed by atoms with Gasteiger partial charge in [0.25, 0.3) is 0 Å². The van der Waals surface area contributed by atoms with Gasteiger partial charge >= 0.3 is 7.60 Å². The van der Waals surface area contributed by atoms with Crippen molar-refractivity contribution in [2.75, 3.05) is 19.8 Å². The summed E-state index contributed by atoms with van der Waals surface area (Å²) in [6.07, 6.45) is 2.02. The summed E-state index contributed by atoms with van der Waals surface area (Å²) in [6, 6.07) is 0. The zero-order chi connectivity index (χ0) is 11.7. The lowest BCUT2D eigenvalue weighted by Crippen LogP contribution is -1.93. The van der Waals surface area contributed by atoms with E-state index in [1.54, 1.807) is 19.9 Å². The first-order valence-electron chi connectivity index (χ1n) is 4.94. The van der Waals surface area contributed by atoms with Crippen molar-refractivity contribution in [1.82, 2.24) is 0 Å². The Labute approximate surface area is 91.1 Å². The van der Waals surface area contributed by atoms with E-state index < -0.39 is 7.60 Å². The molecule has 0 aliphatic rings. The normalized spacial score (nSPS) is 12.2. The molecule has 0 saturated carbocycles. The fourth-order valence-corrected chi connectivity index (χ4v) is 2.27. The van der Waals surface area contributed by atoms with Gasteiger partial charge in [0.05, 0.1) is 13.2 Å². The third-order valence-corrected chi connectivity index (χ3v) is 3.29. The zero-order valence-electron chi connectivity index (χ0n) is 9.31. The number of allylic oxidation sites excluding steroid dienone is 1. The first-order chi connectivity index (χ1) is 7.08. The molecule has 0 amide bonds. The highest BCUT2D eigenvalue weighted by molar-refractivity contribution is 7.57. The second kappa shape index (κ2) is 7.83. The van der Waals surface area contributed by atoms with Crippen LogP contribution in [0, 0.1) is 0 Å². The van der Waals surface area contributed by atoms with Crippen molar-refractivity contribution in [3.63, 3.8) is 0 Å². The minimum absolute atomic E-state index is 0.0245. The van der Waals surface area contributed by atoms with Gasteiger partial charge in [0.15, 0.2) is 0 Å². The van der Waals surface area contributed by atoms with Gasteiger partial charge in [-0.05, 0) is 20.3 Å². The fraction of sp³-hybridized carbons (Fsp3) is 0.600. The molecule has 0 radical (unpaired) electrons. The molecule has 0 atom stereocenters. The molecule has 4 nitrogen and oxygen atoms in total. The zero-order valence-corrected chi connectivity index (χ0v) is 10.2. The van der Waals surface area contributed by atoms with Gasteiger partial charge in [-0.3, -0.25) is 4.57 Å². The Bertz CT molecular complexity index is 250. The summed E-state index contributed by atoms with van der Waals surface area (Å²) in [6.45, 7) is 7.87. The van der Waals surface area contributed by atoms with Gasteiger partial charge in [0, 0.05) is 12.4 Å². The molecule has 0 rings (SSSR count). The van der Waals surface area contributed by atoms with E-state index in [2.05, 4.69) is 6.58 Å². The third-order valence-electron chi connectivity index (χ3n) is 1.54. The number of rotatable bonds is 8. The topological polar surface area (TPSA) is 55.8 Å². The summed E-state index contributed by atoms with van der Waals surface area (Å²) in [5.74, 6) is 1.39. The quantitative estimate of drug-likeness (QED) is 0.518. The van der Waals surface area contributed by atoms with Crippen LogP contribution in [-0.4, -0.2) is 24.9 Å². The van der Waals surface area contributed by atoms with Crippen LogP contribution < -0.4 is 0 Å². The molecule has 0 spiro atoms. The Hall–Kier alpha value is -0.410. The van der Waals surface area contributed by atoms with Gasteiger partial charge in [-0.1, -0.05) is 18.2 Å². The first kappa shape index (κ1) is 14.6. The average molecular weight is 234 g/mol. The van der Waals surface area contributed by atoms with Crippen LogP contribution in [0.25, 0.3) is 0 Å². The number of hydrogen-bond acceptors (Lipinski definition) is 4. The lowest BCUT2D eigenvalue weighted by molar-refractivity contribution is 0.229. The van der Waals surface area contributed by atoms with Crippen LogP contribution in [0.4, 0.5) is 0 Å². The summed E-state index contributed by atoms with van der Waals surface area (Å²) in [7, 11) is -3.12. The molecule has 88 valence electrons. The number of hydrogen-bond donors (Lipinski definition) is 1. The fourth-order valence-electron chi connectivity index (χ4n) is 0.907. The van der Waals surface area contributed by atoms with Crippen LogP contribution in [-0.2, 0) is 13.6 Å². The highest BCUT2D eigenvalue weighted by atomic mass is 31.2. The van der Waals surface area contributed by atoms with Crippen LogP contribution in [0.3, 0.4) is 0 Å².